The average Bonchev–Trinajstić information content (AvgIpc) is 2.62. The molecule has 0 saturated carbocycles. The van der Waals surface area contributed by atoms with Crippen LogP contribution in [0.4, 0.5) is 10.5 Å². The third-order valence-corrected chi connectivity index (χ3v) is 4.17. The zero-order valence-electron chi connectivity index (χ0n) is 16.2. The van der Waals surface area contributed by atoms with E-state index < -0.39 is 30.6 Å². The molecule has 0 aliphatic heterocycles. The number of ether oxygens (including phenoxy) is 1. The van der Waals surface area contributed by atoms with Gasteiger partial charge in [-0.05, 0) is 37.5 Å². The summed E-state index contributed by atoms with van der Waals surface area (Å²) in [4.78, 5) is 35.8. The fourth-order valence-electron chi connectivity index (χ4n) is 3.00. The van der Waals surface area contributed by atoms with E-state index in [1.165, 1.54) is 0 Å². The predicted molar refractivity (Wildman–Crippen MR) is 107 cm³/mol. The van der Waals surface area contributed by atoms with Crippen molar-refractivity contribution in [2.24, 2.45) is 5.73 Å². The van der Waals surface area contributed by atoms with Crippen LogP contribution in [0.5, 0.6) is 0 Å². The second kappa shape index (κ2) is 9.55. The predicted octanol–water partition coefficient (Wildman–Crippen LogP) is 2.37. The van der Waals surface area contributed by atoms with E-state index in [-0.39, 0.29) is 6.42 Å². The van der Waals surface area contributed by atoms with Gasteiger partial charge in [-0.15, -0.1) is 0 Å². The van der Waals surface area contributed by atoms with Crippen LogP contribution >= 0.6 is 0 Å². The lowest BCUT2D eigenvalue weighted by Gasteiger charge is -2.17. The number of carbonyl (C=O) groups is 3. The van der Waals surface area contributed by atoms with E-state index in [1.807, 2.05) is 63.2 Å². The van der Waals surface area contributed by atoms with Crippen LogP contribution in [0.15, 0.2) is 42.5 Å². The lowest BCUT2D eigenvalue weighted by Crippen LogP contribution is -2.46. The summed E-state index contributed by atoms with van der Waals surface area (Å²) in [5.74, 6) is -1.18. The number of nitrogens with two attached hydrogens (primary N) is 1. The van der Waals surface area contributed by atoms with Crippen LogP contribution in [0, 0.1) is 20.8 Å². The maximum atomic E-state index is 12.3. The monoisotopic (exact) mass is 383 g/mol. The average molecular weight is 383 g/mol. The van der Waals surface area contributed by atoms with Crippen LogP contribution in [-0.2, 0) is 20.7 Å². The van der Waals surface area contributed by atoms with Gasteiger partial charge in [0.15, 0.2) is 6.61 Å². The largest absolute Gasteiger partial charge is 0.454 e. The number of carbonyl (C=O) groups excluding carboxylic acids is 3. The normalized spacial score (nSPS) is 11.4. The number of hydrogen-bond acceptors (Lipinski definition) is 4. The molecule has 7 heteroatoms. The van der Waals surface area contributed by atoms with Gasteiger partial charge in [-0.25, -0.2) is 9.59 Å². The van der Waals surface area contributed by atoms with E-state index >= 15 is 0 Å². The molecule has 0 spiro atoms. The molecule has 0 heterocycles. The molecule has 3 amide bonds. The summed E-state index contributed by atoms with van der Waals surface area (Å²) < 4.78 is 5.09. The molecule has 0 aromatic heterocycles. The molecule has 0 fully saturated rings. The van der Waals surface area contributed by atoms with Crippen LogP contribution in [0.2, 0.25) is 0 Å². The highest BCUT2D eigenvalue weighted by Crippen LogP contribution is 2.21. The highest BCUT2D eigenvalue weighted by Gasteiger charge is 2.23. The molecule has 0 aliphatic carbocycles. The molecule has 1 atom stereocenters. The Morgan fingerprint density at radius 3 is 2.21 bits per heavy atom. The Bertz CT molecular complexity index is 842. The lowest BCUT2D eigenvalue weighted by atomic mass is 10.1. The number of amides is 3. The molecule has 2 aromatic rings. The minimum Gasteiger partial charge on any atom is -0.454 e. The Morgan fingerprint density at radius 2 is 1.64 bits per heavy atom. The van der Waals surface area contributed by atoms with Gasteiger partial charge in [-0.1, -0.05) is 48.0 Å². The first-order valence-corrected chi connectivity index (χ1v) is 8.90. The van der Waals surface area contributed by atoms with Crippen molar-refractivity contribution in [3.05, 3.63) is 64.7 Å². The Labute approximate surface area is 164 Å². The van der Waals surface area contributed by atoms with Gasteiger partial charge in [0.1, 0.15) is 6.04 Å². The molecule has 2 rings (SSSR count). The molecule has 0 saturated heterocycles. The quantitative estimate of drug-likeness (QED) is 0.638. The van der Waals surface area contributed by atoms with Crippen molar-refractivity contribution in [2.75, 3.05) is 11.9 Å². The molecule has 7 nitrogen and oxygen atoms in total. The Kier molecular flexibility index (Phi) is 7.14. The first-order chi connectivity index (χ1) is 13.3. The molecule has 2 aromatic carbocycles. The second-order valence-electron chi connectivity index (χ2n) is 6.68. The van der Waals surface area contributed by atoms with Crippen molar-refractivity contribution >= 4 is 23.6 Å². The van der Waals surface area contributed by atoms with Crippen LogP contribution in [0.1, 0.15) is 22.3 Å². The summed E-state index contributed by atoms with van der Waals surface area (Å²) >= 11 is 0. The standard InChI is InChI=1S/C21H25N3O4/c1-13-9-14(2)19(15(3)10-13)24-18(25)12-28-20(26)17(23-21(22)27)11-16-7-5-4-6-8-16/h4-10,17H,11-12H2,1-3H3,(H,24,25)(H3,22,23,27)/t17-/m0/s1. The van der Waals surface area contributed by atoms with Crippen molar-refractivity contribution in [3.8, 4) is 0 Å². The number of nitrogens with one attached hydrogen (secondary N) is 2. The van der Waals surface area contributed by atoms with Crippen LogP contribution in [0.25, 0.3) is 0 Å². The summed E-state index contributed by atoms with van der Waals surface area (Å²) in [5, 5.41) is 5.12. The first kappa shape index (κ1) is 21.0. The highest BCUT2D eigenvalue weighted by atomic mass is 16.5. The van der Waals surface area contributed by atoms with E-state index in [1.54, 1.807) is 0 Å². The highest BCUT2D eigenvalue weighted by molar-refractivity contribution is 5.94. The van der Waals surface area contributed by atoms with Crippen LogP contribution in [0.3, 0.4) is 0 Å². The minimum atomic E-state index is -0.976. The van der Waals surface area contributed by atoms with Crippen molar-refractivity contribution in [2.45, 2.75) is 33.2 Å². The van der Waals surface area contributed by atoms with Crippen molar-refractivity contribution < 1.29 is 19.1 Å². The number of hydrogen-bond donors (Lipinski definition) is 3. The number of anilines is 1. The van der Waals surface area contributed by atoms with Crippen molar-refractivity contribution in [3.63, 3.8) is 0 Å². The number of primary amides is 1. The van der Waals surface area contributed by atoms with Gasteiger partial charge in [0.2, 0.25) is 0 Å². The maximum Gasteiger partial charge on any atom is 0.329 e. The molecular formula is C21H25N3O4. The van der Waals surface area contributed by atoms with Gasteiger partial charge >= 0.3 is 12.0 Å². The number of esters is 1. The summed E-state index contributed by atoms with van der Waals surface area (Å²) in [6, 6.07) is 11.2. The van der Waals surface area contributed by atoms with Gasteiger partial charge in [-0.3, -0.25) is 4.79 Å². The van der Waals surface area contributed by atoms with Crippen LogP contribution in [-0.4, -0.2) is 30.6 Å². The van der Waals surface area contributed by atoms with Gasteiger partial charge in [0.05, 0.1) is 0 Å². The number of rotatable bonds is 7. The van der Waals surface area contributed by atoms with E-state index in [2.05, 4.69) is 10.6 Å². The molecule has 28 heavy (non-hydrogen) atoms. The summed E-state index contributed by atoms with van der Waals surface area (Å²) in [5.41, 5.74) is 9.62. The third kappa shape index (κ3) is 6.12. The SMILES string of the molecule is Cc1cc(C)c(NC(=O)COC(=O)[C@H](Cc2ccccc2)NC(N)=O)c(C)c1. The van der Waals surface area contributed by atoms with Gasteiger partial charge in [0.25, 0.3) is 5.91 Å². The molecule has 148 valence electrons. The minimum absolute atomic E-state index is 0.209. The van der Waals surface area contributed by atoms with Crippen molar-refractivity contribution in [1.82, 2.24) is 5.32 Å². The molecule has 0 radical (unpaired) electrons. The molecular weight excluding hydrogens is 358 g/mol. The van der Waals surface area contributed by atoms with Crippen LogP contribution < -0.4 is 16.4 Å². The topological polar surface area (TPSA) is 111 Å². The summed E-state index contributed by atoms with van der Waals surface area (Å²) in [6.45, 7) is 5.31. The Morgan fingerprint density at radius 1 is 1.04 bits per heavy atom. The third-order valence-electron chi connectivity index (χ3n) is 4.17. The zero-order chi connectivity index (χ0) is 20.7. The zero-order valence-corrected chi connectivity index (χ0v) is 16.2. The van der Waals surface area contributed by atoms with Gasteiger partial charge < -0.3 is 21.1 Å². The van der Waals surface area contributed by atoms with Gasteiger partial charge in [-0.2, -0.15) is 0 Å². The lowest BCUT2D eigenvalue weighted by molar-refractivity contribution is -0.149. The first-order valence-electron chi connectivity index (χ1n) is 8.90. The number of aryl methyl sites for hydroxylation is 3. The fourth-order valence-corrected chi connectivity index (χ4v) is 3.00. The molecule has 0 aliphatic rings. The molecule has 0 bridgehead atoms. The summed E-state index contributed by atoms with van der Waals surface area (Å²) in [6.07, 6.45) is 0.209. The van der Waals surface area contributed by atoms with E-state index in [0.29, 0.717) is 5.69 Å². The molecule has 4 N–H and O–H groups in total. The number of urea groups is 1. The van der Waals surface area contributed by atoms with Gasteiger partial charge in [0, 0.05) is 12.1 Å². The summed E-state index contributed by atoms with van der Waals surface area (Å²) in [7, 11) is 0. The Hall–Kier alpha value is -3.35. The fraction of sp³-hybridized carbons (Fsp3) is 0.286. The van der Waals surface area contributed by atoms with E-state index in [4.69, 9.17) is 10.5 Å². The van der Waals surface area contributed by atoms with Crippen molar-refractivity contribution in [1.29, 1.82) is 0 Å². The second-order valence-corrected chi connectivity index (χ2v) is 6.68. The van der Waals surface area contributed by atoms with E-state index in [0.717, 1.165) is 22.3 Å². The van der Waals surface area contributed by atoms with E-state index in [9.17, 15) is 14.4 Å². The number of benzene rings is 2. The maximum absolute atomic E-state index is 12.3. The molecule has 0 unspecified atom stereocenters. The Balaban J connectivity index is 1.97. The smallest absolute Gasteiger partial charge is 0.329 e.